The van der Waals surface area contributed by atoms with E-state index in [4.69, 9.17) is 15.2 Å². The number of rotatable bonds is 6. The number of benzene rings is 1. The van der Waals surface area contributed by atoms with Crippen molar-refractivity contribution in [1.82, 2.24) is 4.90 Å². The summed E-state index contributed by atoms with van der Waals surface area (Å²) in [6.07, 6.45) is 3.12. The Morgan fingerprint density at radius 2 is 2.14 bits per heavy atom. The Morgan fingerprint density at radius 1 is 1.36 bits per heavy atom. The number of carbonyl (C=O) groups is 1. The lowest BCUT2D eigenvalue weighted by atomic mass is 10.0. The number of amides is 1. The Morgan fingerprint density at radius 3 is 2.77 bits per heavy atom. The number of carbonyl (C=O) groups excluding carboxylic acids is 1. The van der Waals surface area contributed by atoms with E-state index in [2.05, 4.69) is 4.90 Å². The highest BCUT2D eigenvalue weighted by Gasteiger charge is 2.26. The molecule has 1 aromatic rings. The van der Waals surface area contributed by atoms with Crippen molar-refractivity contribution in [3.8, 4) is 11.5 Å². The van der Waals surface area contributed by atoms with Crippen LogP contribution in [0.25, 0.3) is 0 Å². The van der Waals surface area contributed by atoms with Crippen LogP contribution in [-0.2, 0) is 11.3 Å². The summed E-state index contributed by atoms with van der Waals surface area (Å²) in [6.45, 7) is 5.57. The lowest BCUT2D eigenvalue weighted by Crippen LogP contribution is -2.47. The van der Waals surface area contributed by atoms with Crippen LogP contribution < -0.4 is 15.2 Å². The first-order chi connectivity index (χ1) is 10.5. The molecule has 1 aromatic carbocycles. The molecule has 22 heavy (non-hydrogen) atoms. The minimum Gasteiger partial charge on any atom is -0.493 e. The first kappa shape index (κ1) is 16.6. The third-order valence-electron chi connectivity index (χ3n) is 3.92. The van der Waals surface area contributed by atoms with Gasteiger partial charge in [-0.1, -0.05) is 12.5 Å². The summed E-state index contributed by atoms with van der Waals surface area (Å²) in [5.41, 5.74) is 6.62. The zero-order valence-electron chi connectivity index (χ0n) is 13.7. The Bertz CT molecular complexity index is 517. The topological polar surface area (TPSA) is 64.8 Å². The molecule has 0 aliphatic carbocycles. The van der Waals surface area contributed by atoms with Crippen molar-refractivity contribution in [2.45, 2.75) is 51.8 Å². The molecule has 2 rings (SSSR count). The number of nitrogens with two attached hydrogens (primary N) is 1. The SMILES string of the molecule is COc1cc(CN2CCCCC2C(N)=O)ccc1OC(C)C. The second kappa shape index (κ2) is 7.49. The zero-order chi connectivity index (χ0) is 16.1. The number of primary amides is 1. The maximum atomic E-state index is 11.6. The summed E-state index contributed by atoms with van der Waals surface area (Å²) in [4.78, 5) is 13.7. The first-order valence-electron chi connectivity index (χ1n) is 7.88. The van der Waals surface area contributed by atoms with Gasteiger partial charge in [-0.25, -0.2) is 0 Å². The molecule has 1 unspecified atom stereocenters. The van der Waals surface area contributed by atoms with Gasteiger partial charge in [0.05, 0.1) is 19.3 Å². The molecule has 1 amide bonds. The van der Waals surface area contributed by atoms with Crippen LogP contribution in [0.2, 0.25) is 0 Å². The molecule has 5 nitrogen and oxygen atoms in total. The van der Waals surface area contributed by atoms with Crippen molar-refractivity contribution in [3.05, 3.63) is 23.8 Å². The van der Waals surface area contributed by atoms with E-state index in [9.17, 15) is 4.79 Å². The van der Waals surface area contributed by atoms with Crippen LogP contribution in [0.3, 0.4) is 0 Å². The lowest BCUT2D eigenvalue weighted by Gasteiger charge is -2.33. The number of nitrogens with zero attached hydrogens (tertiary/aromatic N) is 1. The average Bonchev–Trinajstić information content (AvgIpc) is 2.48. The molecular formula is C17H26N2O3. The largest absolute Gasteiger partial charge is 0.493 e. The highest BCUT2D eigenvalue weighted by molar-refractivity contribution is 5.79. The van der Waals surface area contributed by atoms with Crippen LogP contribution in [0.15, 0.2) is 18.2 Å². The summed E-state index contributed by atoms with van der Waals surface area (Å²) in [5, 5.41) is 0. The van der Waals surface area contributed by atoms with Gasteiger partial charge in [-0.2, -0.15) is 0 Å². The van der Waals surface area contributed by atoms with Crippen molar-refractivity contribution < 1.29 is 14.3 Å². The molecule has 122 valence electrons. The minimum atomic E-state index is -0.230. The average molecular weight is 306 g/mol. The Kier molecular flexibility index (Phi) is 5.66. The summed E-state index contributed by atoms with van der Waals surface area (Å²) in [5.74, 6) is 1.23. The Balaban J connectivity index is 2.13. The van der Waals surface area contributed by atoms with Gasteiger partial charge in [0, 0.05) is 6.54 Å². The maximum absolute atomic E-state index is 11.6. The van der Waals surface area contributed by atoms with Crippen molar-refractivity contribution in [1.29, 1.82) is 0 Å². The smallest absolute Gasteiger partial charge is 0.234 e. The Labute approximate surface area is 132 Å². The fourth-order valence-electron chi connectivity index (χ4n) is 2.90. The van der Waals surface area contributed by atoms with Gasteiger partial charge in [0.15, 0.2) is 11.5 Å². The Hall–Kier alpha value is -1.75. The van der Waals surface area contributed by atoms with Crippen molar-refractivity contribution >= 4 is 5.91 Å². The number of hydrogen-bond donors (Lipinski definition) is 1. The van der Waals surface area contributed by atoms with Gasteiger partial charge < -0.3 is 15.2 Å². The molecule has 0 aromatic heterocycles. The molecule has 2 N–H and O–H groups in total. The molecule has 1 saturated heterocycles. The van der Waals surface area contributed by atoms with E-state index in [-0.39, 0.29) is 18.1 Å². The van der Waals surface area contributed by atoms with Gasteiger partial charge in [0.25, 0.3) is 0 Å². The minimum absolute atomic E-state index is 0.0982. The number of hydrogen-bond acceptors (Lipinski definition) is 4. The first-order valence-corrected chi connectivity index (χ1v) is 7.88. The molecule has 1 atom stereocenters. The number of methoxy groups -OCH3 is 1. The maximum Gasteiger partial charge on any atom is 0.234 e. The summed E-state index contributed by atoms with van der Waals surface area (Å²) >= 11 is 0. The van der Waals surface area contributed by atoms with E-state index in [0.29, 0.717) is 6.54 Å². The molecular weight excluding hydrogens is 280 g/mol. The quantitative estimate of drug-likeness (QED) is 0.876. The fraction of sp³-hybridized carbons (Fsp3) is 0.588. The highest BCUT2D eigenvalue weighted by Crippen LogP contribution is 2.30. The van der Waals surface area contributed by atoms with Crippen molar-refractivity contribution in [3.63, 3.8) is 0 Å². The van der Waals surface area contributed by atoms with Gasteiger partial charge in [-0.3, -0.25) is 9.69 Å². The van der Waals surface area contributed by atoms with E-state index in [0.717, 1.165) is 42.9 Å². The summed E-state index contributed by atoms with van der Waals surface area (Å²) in [6, 6.07) is 5.76. The second-order valence-corrected chi connectivity index (χ2v) is 6.04. The van der Waals surface area contributed by atoms with Crippen LogP contribution in [0, 0.1) is 0 Å². The van der Waals surface area contributed by atoms with Gasteiger partial charge in [-0.05, 0) is 50.9 Å². The van der Waals surface area contributed by atoms with Crippen LogP contribution in [0.5, 0.6) is 11.5 Å². The standard InChI is InChI=1S/C17H26N2O3/c1-12(2)22-15-8-7-13(10-16(15)21-3)11-19-9-5-4-6-14(19)17(18)20/h7-8,10,12,14H,4-6,9,11H2,1-3H3,(H2,18,20). The lowest BCUT2D eigenvalue weighted by molar-refractivity contribution is -0.124. The normalized spacial score (nSPS) is 19.2. The number of piperidine rings is 1. The summed E-state index contributed by atoms with van der Waals surface area (Å²) < 4.78 is 11.1. The monoisotopic (exact) mass is 306 g/mol. The molecule has 1 aliphatic heterocycles. The van der Waals surface area contributed by atoms with Gasteiger partial charge in [-0.15, -0.1) is 0 Å². The molecule has 1 heterocycles. The molecule has 1 aliphatic rings. The third-order valence-corrected chi connectivity index (χ3v) is 3.92. The van der Waals surface area contributed by atoms with E-state index in [1.54, 1.807) is 7.11 Å². The third kappa shape index (κ3) is 4.13. The van der Waals surface area contributed by atoms with E-state index in [1.165, 1.54) is 0 Å². The predicted molar refractivity (Wildman–Crippen MR) is 86.0 cm³/mol. The van der Waals surface area contributed by atoms with Crippen molar-refractivity contribution in [2.24, 2.45) is 5.73 Å². The van der Waals surface area contributed by atoms with E-state index >= 15 is 0 Å². The highest BCUT2D eigenvalue weighted by atomic mass is 16.5. The van der Waals surface area contributed by atoms with Crippen molar-refractivity contribution in [2.75, 3.05) is 13.7 Å². The molecule has 1 fully saturated rings. The van der Waals surface area contributed by atoms with Gasteiger partial charge in [0.2, 0.25) is 5.91 Å². The summed E-state index contributed by atoms with van der Waals surface area (Å²) in [7, 11) is 1.64. The molecule has 0 saturated carbocycles. The van der Waals surface area contributed by atoms with Crippen LogP contribution in [0.1, 0.15) is 38.7 Å². The molecule has 5 heteroatoms. The molecule has 0 bridgehead atoms. The molecule has 0 radical (unpaired) electrons. The van der Waals surface area contributed by atoms with Crippen LogP contribution >= 0.6 is 0 Å². The zero-order valence-corrected chi connectivity index (χ0v) is 13.7. The van der Waals surface area contributed by atoms with Crippen LogP contribution in [-0.4, -0.2) is 36.6 Å². The van der Waals surface area contributed by atoms with E-state index in [1.807, 2.05) is 32.0 Å². The van der Waals surface area contributed by atoms with Gasteiger partial charge >= 0.3 is 0 Å². The predicted octanol–water partition coefficient (Wildman–Crippen LogP) is 2.32. The number of ether oxygens (including phenoxy) is 2. The van der Waals surface area contributed by atoms with E-state index < -0.39 is 0 Å². The second-order valence-electron chi connectivity index (χ2n) is 6.04. The number of likely N-dealkylation sites (tertiary alicyclic amines) is 1. The van der Waals surface area contributed by atoms with Gasteiger partial charge in [0.1, 0.15) is 0 Å². The van der Waals surface area contributed by atoms with Crippen LogP contribution in [0.4, 0.5) is 0 Å². The fourth-order valence-corrected chi connectivity index (χ4v) is 2.90. The molecule has 0 spiro atoms.